The zero-order chi connectivity index (χ0) is 26.8. The Morgan fingerprint density at radius 2 is 1.69 bits per heavy atom. The molecule has 0 aliphatic carbocycles. The number of nitrogens with one attached hydrogen (secondary N) is 1. The van der Waals surface area contributed by atoms with E-state index >= 15 is 0 Å². The molecule has 8 heteroatoms. The molecule has 1 atom stereocenters. The average molecular weight is 590 g/mol. The molecule has 7 nitrogen and oxygen atoms in total. The molecule has 3 aromatic rings. The fourth-order valence-electron chi connectivity index (χ4n) is 5.49. The third kappa shape index (κ3) is 5.55. The summed E-state index contributed by atoms with van der Waals surface area (Å²) in [5.41, 5.74) is 4.62. The molecule has 1 N–H and O–H groups in total. The van der Waals surface area contributed by atoms with Crippen molar-refractivity contribution in [3.63, 3.8) is 0 Å². The monoisotopic (exact) mass is 588 g/mol. The normalized spacial score (nSPS) is 19.0. The minimum atomic E-state index is -0.190. The molecule has 0 spiro atoms. The van der Waals surface area contributed by atoms with Gasteiger partial charge in [0, 0.05) is 54.1 Å². The summed E-state index contributed by atoms with van der Waals surface area (Å²) in [4.78, 5) is 20.7. The summed E-state index contributed by atoms with van der Waals surface area (Å²) in [5, 5.41) is 3.09. The standard InChI is InChI=1S/C31H33BrN4O3/c1-2-34-13-15-35(16-14-34)21-25-10-7-22-5-3-4-6-27(22)36(25)28-20-24(9-11-26(28)32)33-31(37)23-8-12-29-30(19-23)39-18-17-38-29/h3-12,19-20,25H,2,13-18,21H2,1H3,(H,33,37). The average Bonchev–Trinajstić information content (AvgIpc) is 2.98. The molecule has 1 fully saturated rings. The number of benzene rings is 3. The quantitative estimate of drug-likeness (QED) is 0.402. The predicted octanol–water partition coefficient (Wildman–Crippen LogP) is 5.64. The van der Waals surface area contributed by atoms with Gasteiger partial charge in [-0.3, -0.25) is 9.69 Å². The van der Waals surface area contributed by atoms with Crippen LogP contribution in [0.15, 0.2) is 71.2 Å². The fraction of sp³-hybridized carbons (Fsp3) is 0.323. The number of nitrogens with zero attached hydrogens (tertiary/aromatic N) is 3. The van der Waals surface area contributed by atoms with Gasteiger partial charge in [0.1, 0.15) is 13.2 Å². The zero-order valence-electron chi connectivity index (χ0n) is 22.1. The number of fused-ring (bicyclic) bond motifs is 2. The Morgan fingerprint density at radius 1 is 0.923 bits per heavy atom. The van der Waals surface area contributed by atoms with Crippen molar-refractivity contribution in [1.29, 1.82) is 0 Å². The molecule has 3 aromatic carbocycles. The van der Waals surface area contributed by atoms with Crippen molar-refractivity contribution in [1.82, 2.24) is 9.80 Å². The van der Waals surface area contributed by atoms with Gasteiger partial charge in [0.2, 0.25) is 0 Å². The van der Waals surface area contributed by atoms with Crippen LogP contribution in [-0.4, -0.2) is 74.2 Å². The van der Waals surface area contributed by atoms with Crippen LogP contribution in [0, 0.1) is 0 Å². The number of para-hydroxylation sites is 1. The number of halogens is 1. The lowest BCUT2D eigenvalue weighted by molar-refractivity contribution is 0.102. The van der Waals surface area contributed by atoms with Gasteiger partial charge in [0.05, 0.1) is 11.7 Å². The van der Waals surface area contributed by atoms with Crippen LogP contribution < -0.4 is 19.7 Å². The van der Waals surface area contributed by atoms with Crippen molar-refractivity contribution in [3.05, 3.63) is 82.3 Å². The first-order valence-electron chi connectivity index (χ1n) is 13.6. The number of carbonyl (C=O) groups excluding carboxylic acids is 1. The van der Waals surface area contributed by atoms with E-state index in [1.807, 2.05) is 12.1 Å². The molecule has 202 valence electrons. The van der Waals surface area contributed by atoms with Gasteiger partial charge in [-0.05, 0) is 70.5 Å². The number of ether oxygens (including phenoxy) is 2. The highest BCUT2D eigenvalue weighted by Gasteiger charge is 2.28. The van der Waals surface area contributed by atoms with Crippen LogP contribution in [0.3, 0.4) is 0 Å². The second-order valence-corrected chi connectivity index (χ2v) is 10.9. The second-order valence-electron chi connectivity index (χ2n) is 10.1. The smallest absolute Gasteiger partial charge is 0.255 e. The van der Waals surface area contributed by atoms with Gasteiger partial charge in [0.15, 0.2) is 11.5 Å². The van der Waals surface area contributed by atoms with Crippen molar-refractivity contribution in [3.8, 4) is 11.5 Å². The van der Waals surface area contributed by atoms with E-state index in [-0.39, 0.29) is 11.9 Å². The summed E-state index contributed by atoms with van der Waals surface area (Å²) < 4.78 is 12.2. The molecule has 0 saturated carbocycles. The van der Waals surface area contributed by atoms with Gasteiger partial charge in [-0.15, -0.1) is 0 Å². The van der Waals surface area contributed by atoms with Crippen LogP contribution >= 0.6 is 15.9 Å². The minimum Gasteiger partial charge on any atom is -0.486 e. The molecule has 3 heterocycles. The summed E-state index contributed by atoms with van der Waals surface area (Å²) in [6, 6.07) is 19.9. The SMILES string of the molecule is CCN1CCN(CC2C=Cc3ccccc3N2c2cc(NC(=O)c3ccc4c(c3)OCCO4)ccc2Br)CC1. The molecule has 0 radical (unpaired) electrons. The lowest BCUT2D eigenvalue weighted by Crippen LogP contribution is -2.50. The van der Waals surface area contributed by atoms with Gasteiger partial charge in [0.25, 0.3) is 5.91 Å². The van der Waals surface area contributed by atoms with Gasteiger partial charge in [-0.1, -0.05) is 37.3 Å². The number of likely N-dealkylation sites (N-methyl/N-ethyl adjacent to an activating group) is 1. The summed E-state index contributed by atoms with van der Waals surface area (Å²) in [5.74, 6) is 1.08. The Labute approximate surface area is 238 Å². The molecule has 39 heavy (non-hydrogen) atoms. The summed E-state index contributed by atoms with van der Waals surface area (Å²) >= 11 is 3.81. The van der Waals surface area contributed by atoms with Crippen LogP contribution in [0.25, 0.3) is 6.08 Å². The van der Waals surface area contributed by atoms with Crippen LogP contribution in [0.1, 0.15) is 22.8 Å². The Kier molecular flexibility index (Phi) is 7.59. The first-order valence-corrected chi connectivity index (χ1v) is 14.4. The molecule has 3 aliphatic heterocycles. The number of amides is 1. The Morgan fingerprint density at radius 3 is 2.51 bits per heavy atom. The lowest BCUT2D eigenvalue weighted by Gasteiger charge is -2.41. The van der Waals surface area contributed by atoms with Crippen molar-refractivity contribution < 1.29 is 14.3 Å². The van der Waals surface area contributed by atoms with Crippen LogP contribution in [0.2, 0.25) is 0 Å². The highest BCUT2D eigenvalue weighted by atomic mass is 79.9. The molecule has 6 rings (SSSR count). The van der Waals surface area contributed by atoms with Gasteiger partial charge >= 0.3 is 0 Å². The molecular formula is C31H33BrN4O3. The molecule has 0 aromatic heterocycles. The number of hydrogen-bond acceptors (Lipinski definition) is 6. The van der Waals surface area contributed by atoms with Gasteiger partial charge in [-0.2, -0.15) is 0 Å². The lowest BCUT2D eigenvalue weighted by atomic mass is 10.0. The van der Waals surface area contributed by atoms with E-state index in [0.717, 1.165) is 60.8 Å². The number of anilines is 3. The maximum Gasteiger partial charge on any atom is 0.255 e. The highest BCUT2D eigenvalue weighted by Crippen LogP contribution is 2.41. The highest BCUT2D eigenvalue weighted by molar-refractivity contribution is 9.10. The van der Waals surface area contributed by atoms with Crippen molar-refractivity contribution in [2.75, 3.05) is 62.7 Å². The number of carbonyl (C=O) groups is 1. The zero-order valence-corrected chi connectivity index (χ0v) is 23.7. The van der Waals surface area contributed by atoms with E-state index in [2.05, 4.69) is 85.4 Å². The molecular weight excluding hydrogens is 556 g/mol. The number of hydrogen-bond donors (Lipinski definition) is 1. The maximum atomic E-state index is 13.2. The van der Waals surface area contributed by atoms with Crippen LogP contribution in [0.5, 0.6) is 11.5 Å². The van der Waals surface area contributed by atoms with E-state index in [4.69, 9.17) is 9.47 Å². The molecule has 1 unspecified atom stereocenters. The summed E-state index contributed by atoms with van der Waals surface area (Å²) in [6.07, 6.45) is 4.54. The molecule has 1 saturated heterocycles. The van der Waals surface area contributed by atoms with Crippen LogP contribution in [0.4, 0.5) is 17.1 Å². The van der Waals surface area contributed by atoms with E-state index in [9.17, 15) is 4.79 Å². The maximum absolute atomic E-state index is 13.2. The van der Waals surface area contributed by atoms with Gasteiger partial charge in [-0.25, -0.2) is 0 Å². The molecule has 0 bridgehead atoms. The Bertz CT molecular complexity index is 1390. The third-order valence-corrected chi connectivity index (χ3v) is 8.32. The van der Waals surface area contributed by atoms with Crippen molar-refractivity contribution in [2.45, 2.75) is 13.0 Å². The summed E-state index contributed by atoms with van der Waals surface area (Å²) in [7, 11) is 0. The van der Waals surface area contributed by atoms with Gasteiger partial charge < -0.3 is 24.6 Å². The molecule has 1 amide bonds. The Balaban J connectivity index is 1.27. The third-order valence-electron chi connectivity index (χ3n) is 7.65. The largest absolute Gasteiger partial charge is 0.486 e. The van der Waals surface area contributed by atoms with Crippen molar-refractivity contribution >= 4 is 45.0 Å². The molecule has 3 aliphatic rings. The van der Waals surface area contributed by atoms with E-state index in [1.54, 1.807) is 18.2 Å². The van der Waals surface area contributed by atoms with E-state index in [1.165, 1.54) is 5.56 Å². The van der Waals surface area contributed by atoms with Crippen molar-refractivity contribution in [2.24, 2.45) is 0 Å². The number of rotatable bonds is 6. The minimum absolute atomic E-state index is 0.160. The van der Waals surface area contributed by atoms with Crippen LogP contribution in [-0.2, 0) is 0 Å². The topological polar surface area (TPSA) is 57.3 Å². The van der Waals surface area contributed by atoms with E-state index in [0.29, 0.717) is 30.3 Å². The number of piperazine rings is 1. The Hall–Kier alpha value is -3.33. The fourth-order valence-corrected chi connectivity index (χ4v) is 5.93. The second kappa shape index (κ2) is 11.4. The van der Waals surface area contributed by atoms with E-state index < -0.39 is 0 Å². The summed E-state index contributed by atoms with van der Waals surface area (Å²) in [6.45, 7) is 9.62. The first-order chi connectivity index (χ1) is 19.1. The predicted molar refractivity (Wildman–Crippen MR) is 159 cm³/mol. The first kappa shape index (κ1) is 25.9.